The summed E-state index contributed by atoms with van der Waals surface area (Å²) in [5.74, 6) is 0.720. The molecular weight excluding hydrogens is 96.1 g/mol. The van der Waals surface area contributed by atoms with Gasteiger partial charge in [-0.15, -0.1) is 6.58 Å². The fraction of sp³-hybridized carbons (Fsp3) is 0.625. The van der Waals surface area contributed by atoms with Crippen molar-refractivity contribution >= 4 is 0 Å². The summed E-state index contributed by atoms with van der Waals surface area (Å²) >= 11 is 0. The zero-order valence-electron chi connectivity index (χ0n) is 5.85. The van der Waals surface area contributed by atoms with Crippen LogP contribution in [0.15, 0.2) is 12.7 Å². The summed E-state index contributed by atoms with van der Waals surface area (Å²) in [5.41, 5.74) is 0. The van der Waals surface area contributed by atoms with Crippen LogP contribution in [0.4, 0.5) is 0 Å². The van der Waals surface area contributed by atoms with Gasteiger partial charge in [0.25, 0.3) is 0 Å². The van der Waals surface area contributed by atoms with Crippen molar-refractivity contribution in [2.45, 2.75) is 26.7 Å². The van der Waals surface area contributed by atoms with Crippen LogP contribution in [0.25, 0.3) is 0 Å². The summed E-state index contributed by atoms with van der Waals surface area (Å²) in [6.07, 6.45) is 6.57. The maximum absolute atomic E-state index is 3.66. The van der Waals surface area contributed by atoms with E-state index < -0.39 is 0 Å². The highest BCUT2D eigenvalue weighted by Gasteiger charge is 1.94. The Morgan fingerprint density at radius 1 is 1.62 bits per heavy atom. The SMILES string of the molecule is C=CCC(C)[CH]CC. The molecule has 1 radical (unpaired) electrons. The van der Waals surface area contributed by atoms with Crippen LogP contribution in [0.2, 0.25) is 0 Å². The molecule has 0 rings (SSSR count). The van der Waals surface area contributed by atoms with Crippen molar-refractivity contribution < 1.29 is 0 Å². The summed E-state index contributed by atoms with van der Waals surface area (Å²) in [6, 6.07) is 0. The minimum atomic E-state index is 0.720. The second-order valence-electron chi connectivity index (χ2n) is 2.15. The van der Waals surface area contributed by atoms with Gasteiger partial charge in [0.1, 0.15) is 0 Å². The van der Waals surface area contributed by atoms with Crippen LogP contribution in [0.1, 0.15) is 26.7 Å². The standard InChI is InChI=1S/C8H15/c1-4-6-8(3)7-5-2/h4,7-8H,1,5-6H2,2-3H3. The van der Waals surface area contributed by atoms with Crippen LogP contribution in [-0.4, -0.2) is 0 Å². The minimum Gasteiger partial charge on any atom is -0.103 e. The summed E-state index contributed by atoms with van der Waals surface area (Å²) in [5, 5.41) is 0. The molecule has 0 bridgehead atoms. The molecule has 0 aromatic rings. The van der Waals surface area contributed by atoms with E-state index in [9.17, 15) is 0 Å². The highest BCUT2D eigenvalue weighted by Crippen LogP contribution is 2.07. The van der Waals surface area contributed by atoms with E-state index in [1.54, 1.807) is 0 Å². The molecule has 0 aromatic carbocycles. The molecule has 0 heterocycles. The first-order valence-corrected chi connectivity index (χ1v) is 3.25. The van der Waals surface area contributed by atoms with Gasteiger partial charge in [-0.05, 0) is 18.8 Å². The molecule has 1 unspecified atom stereocenters. The van der Waals surface area contributed by atoms with Crippen LogP contribution >= 0.6 is 0 Å². The van der Waals surface area contributed by atoms with Crippen LogP contribution in [0.5, 0.6) is 0 Å². The Bertz CT molecular complexity index is 55.1. The van der Waals surface area contributed by atoms with Gasteiger partial charge in [0.05, 0.1) is 0 Å². The van der Waals surface area contributed by atoms with E-state index in [0.29, 0.717) is 0 Å². The van der Waals surface area contributed by atoms with Gasteiger partial charge in [-0.1, -0.05) is 26.3 Å². The molecule has 0 saturated carbocycles. The van der Waals surface area contributed by atoms with E-state index in [1.165, 1.54) is 6.42 Å². The Kier molecular flexibility index (Phi) is 4.73. The molecule has 0 nitrogen and oxygen atoms in total. The van der Waals surface area contributed by atoms with Crippen molar-refractivity contribution in [3.8, 4) is 0 Å². The molecule has 0 aliphatic rings. The molecule has 0 heteroatoms. The number of hydrogen-bond acceptors (Lipinski definition) is 0. The predicted octanol–water partition coefficient (Wildman–Crippen LogP) is 2.81. The lowest BCUT2D eigenvalue weighted by atomic mass is 10.0. The third kappa shape index (κ3) is 3.91. The summed E-state index contributed by atoms with van der Waals surface area (Å²) in [4.78, 5) is 0. The van der Waals surface area contributed by atoms with E-state index >= 15 is 0 Å². The largest absolute Gasteiger partial charge is 0.103 e. The molecule has 0 aliphatic carbocycles. The minimum absolute atomic E-state index is 0.720. The Morgan fingerprint density at radius 2 is 2.25 bits per heavy atom. The maximum atomic E-state index is 3.66. The van der Waals surface area contributed by atoms with Gasteiger partial charge in [-0.25, -0.2) is 0 Å². The number of hydrogen-bond donors (Lipinski definition) is 0. The van der Waals surface area contributed by atoms with Crippen molar-refractivity contribution in [3.05, 3.63) is 19.1 Å². The van der Waals surface area contributed by atoms with Crippen molar-refractivity contribution in [3.63, 3.8) is 0 Å². The van der Waals surface area contributed by atoms with Crippen LogP contribution in [0.3, 0.4) is 0 Å². The second-order valence-corrected chi connectivity index (χ2v) is 2.15. The first-order valence-electron chi connectivity index (χ1n) is 3.25. The lowest BCUT2D eigenvalue weighted by molar-refractivity contribution is 0.660. The van der Waals surface area contributed by atoms with E-state index in [1.807, 2.05) is 6.08 Å². The fourth-order valence-corrected chi connectivity index (χ4v) is 0.761. The van der Waals surface area contributed by atoms with E-state index in [2.05, 4.69) is 26.8 Å². The van der Waals surface area contributed by atoms with E-state index in [4.69, 9.17) is 0 Å². The Balaban J connectivity index is 3.03. The average molecular weight is 111 g/mol. The molecule has 8 heavy (non-hydrogen) atoms. The predicted molar refractivity (Wildman–Crippen MR) is 38.6 cm³/mol. The number of allylic oxidation sites excluding steroid dienone is 1. The molecule has 0 aliphatic heterocycles. The molecule has 0 spiro atoms. The molecule has 0 aromatic heterocycles. The number of rotatable bonds is 4. The normalized spacial score (nSPS) is 13.2. The third-order valence-electron chi connectivity index (χ3n) is 1.18. The van der Waals surface area contributed by atoms with Gasteiger partial charge in [-0.3, -0.25) is 0 Å². The quantitative estimate of drug-likeness (QED) is 0.489. The van der Waals surface area contributed by atoms with Crippen molar-refractivity contribution in [2.75, 3.05) is 0 Å². The average Bonchev–Trinajstić information content (AvgIpc) is 1.68. The lowest BCUT2D eigenvalue weighted by Crippen LogP contribution is -1.90. The van der Waals surface area contributed by atoms with Crippen LogP contribution in [0, 0.1) is 12.3 Å². The zero-order valence-corrected chi connectivity index (χ0v) is 5.85. The summed E-state index contributed by atoms with van der Waals surface area (Å²) in [6.45, 7) is 8.04. The Labute approximate surface area is 52.6 Å². The van der Waals surface area contributed by atoms with E-state index in [0.717, 1.165) is 12.3 Å². The van der Waals surface area contributed by atoms with Gasteiger partial charge < -0.3 is 0 Å². The van der Waals surface area contributed by atoms with Gasteiger partial charge in [-0.2, -0.15) is 0 Å². The van der Waals surface area contributed by atoms with Gasteiger partial charge in [0.2, 0.25) is 0 Å². The highest BCUT2D eigenvalue weighted by atomic mass is 14.0. The summed E-state index contributed by atoms with van der Waals surface area (Å²) < 4.78 is 0. The van der Waals surface area contributed by atoms with Crippen LogP contribution < -0.4 is 0 Å². The smallest absolute Gasteiger partial charge is 0.0325 e. The van der Waals surface area contributed by atoms with E-state index in [-0.39, 0.29) is 0 Å². The van der Waals surface area contributed by atoms with Gasteiger partial charge in [0, 0.05) is 0 Å². The molecule has 0 amide bonds. The summed E-state index contributed by atoms with van der Waals surface area (Å²) in [7, 11) is 0. The molecular formula is C8H15. The Hall–Kier alpha value is -0.260. The monoisotopic (exact) mass is 111 g/mol. The van der Waals surface area contributed by atoms with Gasteiger partial charge >= 0.3 is 0 Å². The topological polar surface area (TPSA) is 0 Å². The molecule has 47 valence electrons. The Morgan fingerprint density at radius 3 is 2.62 bits per heavy atom. The first kappa shape index (κ1) is 7.74. The maximum Gasteiger partial charge on any atom is -0.0325 e. The second kappa shape index (κ2) is 4.89. The van der Waals surface area contributed by atoms with Crippen molar-refractivity contribution in [1.29, 1.82) is 0 Å². The molecule has 0 N–H and O–H groups in total. The molecule has 0 fully saturated rings. The molecule has 1 atom stereocenters. The third-order valence-corrected chi connectivity index (χ3v) is 1.18. The first-order chi connectivity index (χ1) is 3.81. The van der Waals surface area contributed by atoms with Crippen molar-refractivity contribution in [2.24, 2.45) is 5.92 Å². The molecule has 0 saturated heterocycles. The van der Waals surface area contributed by atoms with Crippen molar-refractivity contribution in [1.82, 2.24) is 0 Å². The fourth-order valence-electron chi connectivity index (χ4n) is 0.761. The zero-order chi connectivity index (χ0) is 6.41. The highest BCUT2D eigenvalue weighted by molar-refractivity contribution is 4.78. The lowest BCUT2D eigenvalue weighted by Gasteiger charge is -2.03. The van der Waals surface area contributed by atoms with Crippen LogP contribution in [-0.2, 0) is 0 Å². The van der Waals surface area contributed by atoms with Gasteiger partial charge in [0.15, 0.2) is 0 Å².